The molecule has 0 bridgehead atoms. The standard InChI is InChI=1S/C13H11ClN2O3/c1-18-8-3-4-9(11(5-8)19-2)12-10(6-17)13(14)16-7-15-12/h3-7H,1-2H3. The normalized spacial score (nSPS) is 10.1. The van der Waals surface area contributed by atoms with Crippen LogP contribution in [0.5, 0.6) is 11.5 Å². The number of carbonyl (C=O) groups is 1. The predicted molar refractivity (Wildman–Crippen MR) is 71.0 cm³/mol. The quantitative estimate of drug-likeness (QED) is 0.635. The van der Waals surface area contributed by atoms with Crippen molar-refractivity contribution >= 4 is 17.9 Å². The molecule has 0 unspecified atom stereocenters. The summed E-state index contributed by atoms with van der Waals surface area (Å²) in [6, 6.07) is 5.21. The SMILES string of the molecule is COc1ccc(-c2ncnc(Cl)c2C=O)c(OC)c1. The van der Waals surface area contributed by atoms with Crippen molar-refractivity contribution in [2.75, 3.05) is 14.2 Å². The maximum absolute atomic E-state index is 11.1. The molecule has 0 saturated carbocycles. The molecule has 1 heterocycles. The first kappa shape index (κ1) is 13.3. The number of carbonyl (C=O) groups excluding carboxylic acids is 1. The second kappa shape index (κ2) is 5.67. The number of benzene rings is 1. The number of halogens is 1. The molecule has 0 N–H and O–H groups in total. The Morgan fingerprint density at radius 1 is 1.21 bits per heavy atom. The van der Waals surface area contributed by atoms with E-state index >= 15 is 0 Å². The Balaban J connectivity index is 2.65. The van der Waals surface area contributed by atoms with Gasteiger partial charge in [0.05, 0.1) is 25.5 Å². The van der Waals surface area contributed by atoms with Crippen LogP contribution in [0.2, 0.25) is 5.15 Å². The zero-order valence-corrected chi connectivity index (χ0v) is 11.1. The maximum Gasteiger partial charge on any atom is 0.155 e. The first-order chi connectivity index (χ1) is 9.21. The summed E-state index contributed by atoms with van der Waals surface area (Å²) in [5.41, 5.74) is 1.30. The van der Waals surface area contributed by atoms with Gasteiger partial charge in [-0.05, 0) is 12.1 Å². The molecule has 0 aliphatic rings. The number of aldehydes is 1. The average molecular weight is 279 g/mol. The van der Waals surface area contributed by atoms with Gasteiger partial charge in [-0.1, -0.05) is 11.6 Å². The number of ether oxygens (including phenoxy) is 2. The molecule has 0 saturated heterocycles. The minimum atomic E-state index is 0.109. The molecule has 19 heavy (non-hydrogen) atoms. The fraction of sp³-hybridized carbons (Fsp3) is 0.154. The monoisotopic (exact) mass is 278 g/mol. The Bertz CT molecular complexity index is 617. The second-order valence-electron chi connectivity index (χ2n) is 3.61. The molecule has 2 aromatic rings. The van der Waals surface area contributed by atoms with Crippen LogP contribution in [0.3, 0.4) is 0 Å². The van der Waals surface area contributed by atoms with Crippen LogP contribution >= 0.6 is 11.6 Å². The minimum absolute atomic E-state index is 0.109. The topological polar surface area (TPSA) is 61.3 Å². The molecule has 0 atom stereocenters. The molecule has 2 rings (SSSR count). The van der Waals surface area contributed by atoms with Crippen molar-refractivity contribution in [3.05, 3.63) is 35.2 Å². The fourth-order valence-corrected chi connectivity index (χ4v) is 1.86. The van der Waals surface area contributed by atoms with Crippen LogP contribution in [-0.4, -0.2) is 30.5 Å². The highest BCUT2D eigenvalue weighted by atomic mass is 35.5. The van der Waals surface area contributed by atoms with E-state index < -0.39 is 0 Å². The number of nitrogens with zero attached hydrogens (tertiary/aromatic N) is 2. The van der Waals surface area contributed by atoms with Crippen molar-refractivity contribution in [2.24, 2.45) is 0 Å². The van der Waals surface area contributed by atoms with Crippen LogP contribution in [0.4, 0.5) is 0 Å². The fourth-order valence-electron chi connectivity index (χ4n) is 1.69. The third kappa shape index (κ3) is 2.51. The summed E-state index contributed by atoms with van der Waals surface area (Å²) in [5.74, 6) is 1.19. The lowest BCUT2D eigenvalue weighted by Crippen LogP contribution is -1.98. The number of hydrogen-bond donors (Lipinski definition) is 0. The molecule has 98 valence electrons. The van der Waals surface area contributed by atoms with Gasteiger partial charge in [-0.2, -0.15) is 0 Å². The number of methoxy groups -OCH3 is 2. The largest absolute Gasteiger partial charge is 0.497 e. The summed E-state index contributed by atoms with van der Waals surface area (Å²) in [7, 11) is 3.09. The van der Waals surface area contributed by atoms with Crippen LogP contribution in [0.25, 0.3) is 11.3 Å². The van der Waals surface area contributed by atoms with Gasteiger partial charge in [-0.15, -0.1) is 0 Å². The van der Waals surface area contributed by atoms with E-state index in [-0.39, 0.29) is 10.7 Å². The van der Waals surface area contributed by atoms with E-state index in [2.05, 4.69) is 9.97 Å². The summed E-state index contributed by atoms with van der Waals surface area (Å²) in [6.45, 7) is 0. The smallest absolute Gasteiger partial charge is 0.155 e. The third-order valence-electron chi connectivity index (χ3n) is 2.62. The zero-order valence-electron chi connectivity index (χ0n) is 10.4. The molecule has 1 aromatic heterocycles. The molecule has 0 amide bonds. The minimum Gasteiger partial charge on any atom is -0.497 e. The van der Waals surface area contributed by atoms with Gasteiger partial charge in [0.1, 0.15) is 23.0 Å². The Labute approximate surface area is 115 Å². The van der Waals surface area contributed by atoms with Crippen molar-refractivity contribution < 1.29 is 14.3 Å². The first-order valence-corrected chi connectivity index (χ1v) is 5.77. The zero-order chi connectivity index (χ0) is 13.8. The van der Waals surface area contributed by atoms with E-state index in [1.807, 2.05) is 0 Å². The van der Waals surface area contributed by atoms with E-state index in [0.717, 1.165) is 0 Å². The Morgan fingerprint density at radius 2 is 2.00 bits per heavy atom. The molecule has 1 aromatic carbocycles. The molecule has 0 spiro atoms. The van der Waals surface area contributed by atoms with Crippen molar-refractivity contribution in [1.29, 1.82) is 0 Å². The first-order valence-electron chi connectivity index (χ1n) is 5.39. The van der Waals surface area contributed by atoms with E-state index in [9.17, 15) is 4.79 Å². The average Bonchev–Trinajstić information content (AvgIpc) is 2.46. The summed E-state index contributed by atoms with van der Waals surface area (Å²) in [4.78, 5) is 19.0. The van der Waals surface area contributed by atoms with E-state index in [4.69, 9.17) is 21.1 Å². The summed E-state index contributed by atoms with van der Waals surface area (Å²) < 4.78 is 10.4. The predicted octanol–water partition coefficient (Wildman–Crippen LogP) is 2.63. The van der Waals surface area contributed by atoms with Gasteiger partial charge in [-0.25, -0.2) is 9.97 Å². The van der Waals surface area contributed by atoms with Crippen molar-refractivity contribution in [1.82, 2.24) is 9.97 Å². The Hall–Kier alpha value is -2.14. The molecule has 5 nitrogen and oxygen atoms in total. The molecule has 0 aliphatic heterocycles. The summed E-state index contributed by atoms with van der Waals surface area (Å²) in [5, 5.41) is 0.109. The highest BCUT2D eigenvalue weighted by Gasteiger charge is 2.15. The van der Waals surface area contributed by atoms with Gasteiger partial charge >= 0.3 is 0 Å². The molecule has 0 radical (unpaired) electrons. The van der Waals surface area contributed by atoms with E-state index in [1.165, 1.54) is 13.4 Å². The van der Waals surface area contributed by atoms with Gasteiger partial charge in [0.15, 0.2) is 6.29 Å². The van der Waals surface area contributed by atoms with Gasteiger partial charge in [0, 0.05) is 11.6 Å². The highest BCUT2D eigenvalue weighted by Crippen LogP contribution is 2.34. The lowest BCUT2D eigenvalue weighted by Gasteiger charge is -2.11. The maximum atomic E-state index is 11.1. The second-order valence-corrected chi connectivity index (χ2v) is 3.97. The molecular weight excluding hydrogens is 268 g/mol. The summed E-state index contributed by atoms with van der Waals surface area (Å²) in [6.07, 6.45) is 1.93. The number of rotatable bonds is 4. The van der Waals surface area contributed by atoms with Crippen molar-refractivity contribution in [2.45, 2.75) is 0 Å². The summed E-state index contributed by atoms with van der Waals surface area (Å²) >= 11 is 5.89. The highest BCUT2D eigenvalue weighted by molar-refractivity contribution is 6.32. The molecule has 6 heteroatoms. The molecular formula is C13H11ClN2O3. The van der Waals surface area contributed by atoms with Crippen LogP contribution in [0.1, 0.15) is 10.4 Å². The van der Waals surface area contributed by atoms with Gasteiger partial charge in [0.25, 0.3) is 0 Å². The number of aromatic nitrogens is 2. The van der Waals surface area contributed by atoms with Gasteiger partial charge in [0.2, 0.25) is 0 Å². The van der Waals surface area contributed by atoms with Crippen LogP contribution in [0, 0.1) is 0 Å². The Morgan fingerprint density at radius 3 is 2.63 bits per heavy atom. The third-order valence-corrected chi connectivity index (χ3v) is 2.92. The molecule has 0 fully saturated rings. The van der Waals surface area contributed by atoms with Crippen molar-refractivity contribution in [3.8, 4) is 22.8 Å². The van der Waals surface area contributed by atoms with Crippen LogP contribution in [-0.2, 0) is 0 Å². The van der Waals surface area contributed by atoms with E-state index in [1.54, 1.807) is 25.3 Å². The van der Waals surface area contributed by atoms with Gasteiger partial charge in [-0.3, -0.25) is 4.79 Å². The van der Waals surface area contributed by atoms with E-state index in [0.29, 0.717) is 29.0 Å². The lowest BCUT2D eigenvalue weighted by atomic mass is 10.1. The molecule has 0 aliphatic carbocycles. The Kier molecular flexibility index (Phi) is 3.97. The van der Waals surface area contributed by atoms with Crippen LogP contribution in [0.15, 0.2) is 24.5 Å². The van der Waals surface area contributed by atoms with Gasteiger partial charge < -0.3 is 9.47 Å². The number of hydrogen-bond acceptors (Lipinski definition) is 5. The van der Waals surface area contributed by atoms with Crippen LogP contribution < -0.4 is 9.47 Å². The van der Waals surface area contributed by atoms with Crippen molar-refractivity contribution in [3.63, 3.8) is 0 Å². The lowest BCUT2D eigenvalue weighted by molar-refractivity contribution is 0.112.